The number of hydrogen-bond donors (Lipinski definition) is 2. The third-order valence-corrected chi connectivity index (χ3v) is 8.51. The second-order valence-corrected chi connectivity index (χ2v) is 10.9. The molecule has 0 aromatic heterocycles. The molecule has 5 aliphatic rings. The summed E-state index contributed by atoms with van der Waals surface area (Å²) in [6, 6.07) is 0. The molecule has 29 heavy (non-hydrogen) atoms. The van der Waals surface area contributed by atoms with Gasteiger partial charge in [0.15, 0.2) is 0 Å². The maximum atomic E-state index is 12.6. The Morgan fingerprint density at radius 3 is 2.17 bits per heavy atom. The SMILES string of the molecule is C[C@H](CS)C(=O)OC1(CCC(=O)ONC23CC4CC(CC(C4)C2)C3)CCCCC1. The molecule has 5 aliphatic carbocycles. The van der Waals surface area contributed by atoms with Crippen molar-refractivity contribution in [1.29, 1.82) is 0 Å². The molecule has 4 bridgehead atoms. The first-order valence-electron chi connectivity index (χ1n) is 11.7. The van der Waals surface area contributed by atoms with Crippen molar-refractivity contribution >= 4 is 24.6 Å². The molecule has 0 heterocycles. The van der Waals surface area contributed by atoms with Gasteiger partial charge in [0.25, 0.3) is 0 Å². The molecule has 1 N–H and O–H groups in total. The van der Waals surface area contributed by atoms with Gasteiger partial charge >= 0.3 is 11.9 Å². The summed E-state index contributed by atoms with van der Waals surface area (Å²) < 4.78 is 5.94. The van der Waals surface area contributed by atoms with Gasteiger partial charge in [-0.05, 0) is 88.4 Å². The van der Waals surface area contributed by atoms with Gasteiger partial charge in [-0.2, -0.15) is 12.6 Å². The molecule has 0 spiro atoms. The molecule has 164 valence electrons. The van der Waals surface area contributed by atoms with Gasteiger partial charge < -0.3 is 9.57 Å². The van der Waals surface area contributed by atoms with Gasteiger partial charge in [-0.3, -0.25) is 9.59 Å². The maximum absolute atomic E-state index is 12.6. The van der Waals surface area contributed by atoms with Crippen LogP contribution in [0.4, 0.5) is 0 Å². The fourth-order valence-electron chi connectivity index (χ4n) is 6.77. The number of thiol groups is 1. The standard InChI is InChI=1S/C23H37NO4S/c1-16(15-29)21(26)27-23(6-3-2-4-7-23)8-5-20(25)28-24-22-12-17-9-18(13-22)11-19(10-17)14-22/h16-19,24,29H,2-15H2,1H3/t16-,17?,18?,19?,22?/m1/s1. The minimum absolute atomic E-state index is 0.0153. The van der Waals surface area contributed by atoms with Crippen molar-refractivity contribution < 1.29 is 19.2 Å². The smallest absolute Gasteiger partial charge is 0.324 e. The molecule has 0 unspecified atom stereocenters. The first-order valence-corrected chi connectivity index (χ1v) is 12.3. The lowest BCUT2D eigenvalue weighted by Gasteiger charge is -2.56. The van der Waals surface area contributed by atoms with Crippen LogP contribution in [-0.4, -0.2) is 28.8 Å². The Morgan fingerprint density at radius 1 is 1.03 bits per heavy atom. The van der Waals surface area contributed by atoms with Gasteiger partial charge in [-0.25, -0.2) is 0 Å². The summed E-state index contributed by atoms with van der Waals surface area (Å²) in [6.07, 6.45) is 13.3. The van der Waals surface area contributed by atoms with Crippen molar-refractivity contribution in [2.45, 2.75) is 102 Å². The van der Waals surface area contributed by atoms with E-state index in [1.807, 2.05) is 6.92 Å². The molecule has 5 fully saturated rings. The summed E-state index contributed by atoms with van der Waals surface area (Å²) >= 11 is 4.22. The van der Waals surface area contributed by atoms with Crippen LogP contribution in [0, 0.1) is 23.7 Å². The van der Waals surface area contributed by atoms with E-state index in [4.69, 9.17) is 9.57 Å². The highest BCUT2D eigenvalue weighted by Gasteiger charge is 2.51. The van der Waals surface area contributed by atoms with E-state index in [1.54, 1.807) is 0 Å². The van der Waals surface area contributed by atoms with Gasteiger partial charge in [-0.1, -0.05) is 13.3 Å². The second kappa shape index (κ2) is 8.78. The van der Waals surface area contributed by atoms with Crippen LogP contribution in [0.2, 0.25) is 0 Å². The molecule has 5 saturated carbocycles. The number of carbonyl (C=O) groups is 2. The molecule has 0 saturated heterocycles. The molecule has 5 nitrogen and oxygen atoms in total. The molecule has 5 rings (SSSR count). The van der Waals surface area contributed by atoms with E-state index in [0.717, 1.165) is 62.7 Å². The van der Waals surface area contributed by atoms with Crippen molar-refractivity contribution in [3.8, 4) is 0 Å². The molecular weight excluding hydrogens is 386 g/mol. The number of hydrogen-bond acceptors (Lipinski definition) is 6. The minimum atomic E-state index is -0.508. The number of nitrogens with one attached hydrogen (secondary N) is 1. The van der Waals surface area contributed by atoms with Crippen molar-refractivity contribution in [3.05, 3.63) is 0 Å². The predicted molar refractivity (Wildman–Crippen MR) is 114 cm³/mol. The highest BCUT2D eigenvalue weighted by molar-refractivity contribution is 7.80. The fourth-order valence-corrected chi connectivity index (χ4v) is 6.92. The summed E-state index contributed by atoms with van der Waals surface area (Å²) in [7, 11) is 0. The molecular formula is C23H37NO4S. The van der Waals surface area contributed by atoms with Gasteiger partial charge in [0.1, 0.15) is 5.60 Å². The monoisotopic (exact) mass is 423 g/mol. The highest BCUT2D eigenvalue weighted by atomic mass is 32.1. The fraction of sp³-hybridized carbons (Fsp3) is 0.913. The summed E-state index contributed by atoms with van der Waals surface area (Å²) in [4.78, 5) is 30.5. The van der Waals surface area contributed by atoms with Crippen LogP contribution in [0.5, 0.6) is 0 Å². The van der Waals surface area contributed by atoms with Crippen LogP contribution >= 0.6 is 12.6 Å². The lowest BCUT2D eigenvalue weighted by atomic mass is 9.53. The number of esters is 1. The van der Waals surface area contributed by atoms with E-state index < -0.39 is 5.60 Å². The molecule has 0 radical (unpaired) electrons. The minimum Gasteiger partial charge on any atom is -0.459 e. The predicted octanol–water partition coefficient (Wildman–Crippen LogP) is 4.60. The molecule has 0 aliphatic heterocycles. The summed E-state index contributed by atoms with van der Waals surface area (Å²) in [5.41, 5.74) is 2.74. The van der Waals surface area contributed by atoms with E-state index in [-0.39, 0.29) is 23.4 Å². The zero-order valence-corrected chi connectivity index (χ0v) is 18.7. The lowest BCUT2D eigenvalue weighted by Crippen LogP contribution is -2.58. The van der Waals surface area contributed by atoms with E-state index in [0.29, 0.717) is 18.6 Å². The summed E-state index contributed by atoms with van der Waals surface area (Å²) in [5.74, 6) is 2.28. The van der Waals surface area contributed by atoms with Crippen LogP contribution in [0.15, 0.2) is 0 Å². The van der Waals surface area contributed by atoms with E-state index in [1.165, 1.54) is 25.7 Å². The van der Waals surface area contributed by atoms with Crippen molar-refractivity contribution in [1.82, 2.24) is 5.48 Å². The quantitative estimate of drug-likeness (QED) is 0.339. The maximum Gasteiger partial charge on any atom is 0.324 e. The van der Waals surface area contributed by atoms with Gasteiger partial charge in [0.05, 0.1) is 17.9 Å². The van der Waals surface area contributed by atoms with E-state index >= 15 is 0 Å². The van der Waals surface area contributed by atoms with Crippen molar-refractivity contribution in [2.75, 3.05) is 5.75 Å². The number of ether oxygens (including phenoxy) is 1. The van der Waals surface area contributed by atoms with Crippen LogP contribution in [0.25, 0.3) is 0 Å². The van der Waals surface area contributed by atoms with Gasteiger partial charge in [0.2, 0.25) is 0 Å². The lowest BCUT2D eigenvalue weighted by molar-refractivity contribution is -0.174. The average molecular weight is 424 g/mol. The number of hydroxylamine groups is 1. The Labute approximate surface area is 180 Å². The van der Waals surface area contributed by atoms with Crippen molar-refractivity contribution in [3.63, 3.8) is 0 Å². The Hall–Kier alpha value is -0.750. The third kappa shape index (κ3) is 4.95. The largest absolute Gasteiger partial charge is 0.459 e. The Balaban J connectivity index is 1.29. The average Bonchev–Trinajstić information content (AvgIpc) is 2.70. The van der Waals surface area contributed by atoms with Crippen molar-refractivity contribution in [2.24, 2.45) is 23.7 Å². The zero-order chi connectivity index (χ0) is 20.5. The number of carbonyl (C=O) groups excluding carboxylic acids is 2. The first kappa shape index (κ1) is 21.5. The van der Waals surface area contributed by atoms with Crippen LogP contribution in [-0.2, 0) is 19.2 Å². The Bertz CT molecular complexity index is 581. The Morgan fingerprint density at radius 2 is 1.62 bits per heavy atom. The van der Waals surface area contributed by atoms with E-state index in [9.17, 15) is 9.59 Å². The highest BCUT2D eigenvalue weighted by Crippen LogP contribution is 2.55. The second-order valence-electron chi connectivity index (χ2n) is 10.5. The molecule has 6 heteroatoms. The molecule has 0 aromatic carbocycles. The summed E-state index contributed by atoms with van der Waals surface area (Å²) in [6.45, 7) is 1.84. The normalized spacial score (nSPS) is 35.9. The van der Waals surface area contributed by atoms with E-state index in [2.05, 4.69) is 18.1 Å². The zero-order valence-electron chi connectivity index (χ0n) is 17.8. The third-order valence-electron chi connectivity index (χ3n) is 7.96. The summed E-state index contributed by atoms with van der Waals surface area (Å²) in [5, 5.41) is 0. The Kier molecular flexibility index (Phi) is 6.50. The molecule has 0 aromatic rings. The topological polar surface area (TPSA) is 64.6 Å². The molecule has 1 atom stereocenters. The first-order chi connectivity index (χ1) is 13.9. The van der Waals surface area contributed by atoms with Crippen LogP contribution in [0.1, 0.15) is 90.4 Å². The van der Waals surface area contributed by atoms with Gasteiger partial charge in [0, 0.05) is 5.75 Å². The number of rotatable bonds is 8. The van der Waals surface area contributed by atoms with Gasteiger partial charge in [-0.15, -0.1) is 5.48 Å². The van der Waals surface area contributed by atoms with Crippen LogP contribution in [0.3, 0.4) is 0 Å². The molecule has 0 amide bonds. The van der Waals surface area contributed by atoms with Crippen LogP contribution < -0.4 is 5.48 Å².